The highest BCUT2D eigenvalue weighted by Crippen LogP contribution is 2.67. The Morgan fingerprint density at radius 2 is 0.636 bits per heavy atom. The Balaban J connectivity index is 1.12. The predicted octanol–water partition coefficient (Wildman–Crippen LogP) is 14.7. The van der Waals surface area contributed by atoms with E-state index < -0.39 is 10.8 Å². The van der Waals surface area contributed by atoms with Crippen molar-refractivity contribution >= 4 is 10.8 Å². The molecule has 0 amide bonds. The van der Waals surface area contributed by atoms with E-state index in [0.717, 1.165) is 38.6 Å². The number of rotatable bonds is 4. The number of benzene rings is 10. The molecular formula is C63H39N3. The highest BCUT2D eigenvalue weighted by atomic mass is 15.0. The maximum absolute atomic E-state index is 5.37. The Morgan fingerprint density at radius 1 is 0.242 bits per heavy atom. The van der Waals surface area contributed by atoms with Gasteiger partial charge in [0.15, 0.2) is 17.5 Å². The molecule has 0 atom stereocenters. The molecule has 1 heterocycles. The van der Waals surface area contributed by atoms with Gasteiger partial charge in [-0.1, -0.05) is 231 Å². The fourth-order valence-electron chi connectivity index (χ4n) is 12.1. The minimum atomic E-state index is -0.613. The second-order valence-electron chi connectivity index (χ2n) is 17.7. The summed E-state index contributed by atoms with van der Waals surface area (Å²) in [6.07, 6.45) is 0. The Hall–Kier alpha value is -8.53. The van der Waals surface area contributed by atoms with Crippen molar-refractivity contribution in [3.8, 4) is 67.5 Å². The predicted molar refractivity (Wildman–Crippen MR) is 267 cm³/mol. The number of hydrogen-bond acceptors (Lipinski definition) is 3. The third-order valence-electron chi connectivity index (χ3n) is 14.6. The summed E-state index contributed by atoms with van der Waals surface area (Å²) < 4.78 is 0. The quantitative estimate of drug-likeness (QED) is 0.177. The van der Waals surface area contributed by atoms with Crippen LogP contribution in [-0.4, -0.2) is 15.0 Å². The van der Waals surface area contributed by atoms with Gasteiger partial charge in [0.2, 0.25) is 0 Å². The lowest BCUT2D eigenvalue weighted by molar-refractivity contribution is 0.633. The van der Waals surface area contributed by atoms with Crippen molar-refractivity contribution in [2.75, 3.05) is 0 Å². The first kappa shape index (κ1) is 36.9. The molecule has 306 valence electrons. The molecule has 0 unspecified atom stereocenters. The van der Waals surface area contributed by atoms with Crippen molar-refractivity contribution < 1.29 is 0 Å². The molecule has 0 N–H and O–H groups in total. The summed E-state index contributed by atoms with van der Waals surface area (Å²) in [5.41, 5.74) is 19.5. The summed E-state index contributed by atoms with van der Waals surface area (Å²) in [7, 11) is 0. The molecule has 66 heavy (non-hydrogen) atoms. The van der Waals surface area contributed by atoms with E-state index in [0.29, 0.717) is 17.5 Å². The van der Waals surface area contributed by atoms with Crippen LogP contribution >= 0.6 is 0 Å². The summed E-state index contributed by atoms with van der Waals surface area (Å²) in [6.45, 7) is 0. The second-order valence-corrected chi connectivity index (χ2v) is 17.7. The number of aromatic nitrogens is 3. The van der Waals surface area contributed by atoms with E-state index in [1.165, 1.54) is 66.8 Å². The highest BCUT2D eigenvalue weighted by Gasteiger charge is 2.59. The molecule has 0 saturated heterocycles. The van der Waals surface area contributed by atoms with Crippen LogP contribution in [0.15, 0.2) is 237 Å². The van der Waals surface area contributed by atoms with Crippen LogP contribution in [0.3, 0.4) is 0 Å². The number of nitrogens with zero attached hydrogens (tertiary/aromatic N) is 3. The summed E-state index contributed by atoms with van der Waals surface area (Å²) in [4.78, 5) is 15.8. The van der Waals surface area contributed by atoms with E-state index >= 15 is 0 Å². The zero-order valence-electron chi connectivity index (χ0n) is 35.9. The average molecular weight is 838 g/mol. The van der Waals surface area contributed by atoms with Gasteiger partial charge < -0.3 is 0 Å². The van der Waals surface area contributed by atoms with Crippen LogP contribution in [0.1, 0.15) is 44.5 Å². The van der Waals surface area contributed by atoms with E-state index in [2.05, 4.69) is 200 Å². The minimum absolute atomic E-state index is 0.565. The molecule has 0 fully saturated rings. The van der Waals surface area contributed by atoms with Crippen LogP contribution in [0.5, 0.6) is 0 Å². The molecule has 3 heteroatoms. The lowest BCUT2D eigenvalue weighted by Gasteiger charge is -2.49. The van der Waals surface area contributed by atoms with Crippen LogP contribution in [-0.2, 0) is 10.8 Å². The summed E-state index contributed by atoms with van der Waals surface area (Å²) in [6, 6.07) is 86.7. The van der Waals surface area contributed by atoms with Crippen molar-refractivity contribution in [1.82, 2.24) is 15.0 Å². The van der Waals surface area contributed by atoms with E-state index in [4.69, 9.17) is 15.0 Å². The molecule has 3 nitrogen and oxygen atoms in total. The Morgan fingerprint density at radius 3 is 1.15 bits per heavy atom. The first-order valence-corrected chi connectivity index (χ1v) is 22.8. The smallest absolute Gasteiger partial charge is 0.165 e. The minimum Gasteiger partial charge on any atom is -0.208 e. The van der Waals surface area contributed by atoms with Gasteiger partial charge in [0, 0.05) is 16.7 Å². The van der Waals surface area contributed by atoms with Crippen LogP contribution in [0, 0.1) is 0 Å². The maximum Gasteiger partial charge on any atom is 0.165 e. The highest BCUT2D eigenvalue weighted by molar-refractivity contribution is 6.04. The summed E-state index contributed by atoms with van der Waals surface area (Å²) >= 11 is 0. The van der Waals surface area contributed by atoms with E-state index in [1.54, 1.807) is 0 Å². The Bertz CT molecular complexity index is 3630. The Labute approximate surface area is 383 Å². The molecule has 0 saturated carbocycles. The van der Waals surface area contributed by atoms with Crippen LogP contribution in [0.25, 0.3) is 78.3 Å². The summed E-state index contributed by atoms with van der Waals surface area (Å²) in [5, 5.41) is 2.21. The zero-order chi connectivity index (χ0) is 43.4. The average Bonchev–Trinajstić information content (AvgIpc) is 3.86. The molecule has 3 aliphatic rings. The first-order valence-electron chi connectivity index (χ1n) is 22.8. The molecule has 0 bridgehead atoms. The third-order valence-corrected chi connectivity index (χ3v) is 14.6. The normalized spacial score (nSPS) is 14.0. The van der Waals surface area contributed by atoms with Crippen LogP contribution in [0.4, 0.5) is 0 Å². The maximum atomic E-state index is 5.37. The largest absolute Gasteiger partial charge is 0.208 e. The van der Waals surface area contributed by atoms with Gasteiger partial charge in [0.1, 0.15) is 0 Å². The van der Waals surface area contributed by atoms with Gasteiger partial charge >= 0.3 is 0 Å². The van der Waals surface area contributed by atoms with Gasteiger partial charge in [0.25, 0.3) is 0 Å². The molecule has 0 radical (unpaired) electrons. The van der Waals surface area contributed by atoms with Crippen LogP contribution in [0.2, 0.25) is 0 Å². The number of hydrogen-bond donors (Lipinski definition) is 0. The van der Waals surface area contributed by atoms with Gasteiger partial charge in [-0.3, -0.25) is 0 Å². The van der Waals surface area contributed by atoms with Crippen molar-refractivity contribution in [2.45, 2.75) is 10.8 Å². The number of fused-ring (bicyclic) bond motifs is 17. The third kappa shape index (κ3) is 4.89. The first-order chi connectivity index (χ1) is 32.7. The SMILES string of the molecule is c1ccc(-c2nc(-c3ccccc3)nc(-c3c(-c4ccc5c(c4)C4(c6ccccc6-c6ccccc64)c4ccccc4C54c5ccccc5-c5ccccc54)ccc4ccccc34)n2)cc1. The van der Waals surface area contributed by atoms with Gasteiger partial charge in [-0.05, 0) is 94.7 Å². The van der Waals surface area contributed by atoms with Gasteiger partial charge in [-0.2, -0.15) is 0 Å². The molecular weight excluding hydrogens is 799 g/mol. The fourth-order valence-corrected chi connectivity index (χ4v) is 12.1. The fraction of sp³-hybridized carbons (Fsp3) is 0.0317. The van der Waals surface area contributed by atoms with Gasteiger partial charge in [-0.25, -0.2) is 15.0 Å². The molecule has 0 aliphatic heterocycles. The molecule has 11 aromatic rings. The molecule has 1 aromatic heterocycles. The van der Waals surface area contributed by atoms with Crippen molar-refractivity contribution in [3.05, 3.63) is 281 Å². The molecule has 2 spiro atoms. The lowest BCUT2D eigenvalue weighted by Crippen LogP contribution is -2.43. The molecule has 3 aliphatic carbocycles. The van der Waals surface area contributed by atoms with E-state index in [1.807, 2.05) is 36.4 Å². The van der Waals surface area contributed by atoms with Crippen molar-refractivity contribution in [3.63, 3.8) is 0 Å². The monoisotopic (exact) mass is 837 g/mol. The van der Waals surface area contributed by atoms with E-state index in [-0.39, 0.29) is 0 Å². The van der Waals surface area contributed by atoms with Gasteiger partial charge in [0.05, 0.1) is 10.8 Å². The second kappa shape index (κ2) is 14.0. The standard InChI is InChI=1S/C63H39N3/c1-3-20-41(21-4-1)59-64-60(42-22-5-2-6-23-42)66-61(65-59)58-44-24-8-7-19-40(44)35-37-45(58)43-36-38-56-57(39-43)63(52-31-15-11-27-48(52)49-28-12-16-32-53(49)63)55-34-18-17-33-54(55)62(56)50-29-13-9-25-46(50)47-26-10-14-30-51(47)62/h1-39H. The summed E-state index contributed by atoms with van der Waals surface area (Å²) in [5.74, 6) is 1.91. The van der Waals surface area contributed by atoms with Gasteiger partial charge in [-0.15, -0.1) is 0 Å². The zero-order valence-corrected chi connectivity index (χ0v) is 35.9. The molecule has 10 aromatic carbocycles. The lowest BCUT2D eigenvalue weighted by atomic mass is 9.52. The van der Waals surface area contributed by atoms with Crippen LogP contribution < -0.4 is 0 Å². The van der Waals surface area contributed by atoms with E-state index in [9.17, 15) is 0 Å². The topological polar surface area (TPSA) is 38.7 Å². The Kier molecular flexibility index (Phi) is 7.82. The van der Waals surface area contributed by atoms with Crippen molar-refractivity contribution in [1.29, 1.82) is 0 Å². The molecule has 14 rings (SSSR count). The van der Waals surface area contributed by atoms with Crippen molar-refractivity contribution in [2.24, 2.45) is 0 Å².